The van der Waals surface area contributed by atoms with Crippen molar-refractivity contribution in [2.24, 2.45) is 7.05 Å². The lowest BCUT2D eigenvalue weighted by molar-refractivity contribution is 0.789. The Bertz CT molecular complexity index is 171. The van der Waals surface area contributed by atoms with E-state index in [9.17, 15) is 0 Å². The molecule has 0 spiro atoms. The molecule has 0 saturated heterocycles. The van der Waals surface area contributed by atoms with E-state index in [1.54, 1.807) is 6.20 Å². The topological polar surface area (TPSA) is 17.8 Å². The molecule has 1 radical (unpaired) electrons. The van der Waals surface area contributed by atoms with Crippen LogP contribution < -0.4 is 5.59 Å². The Labute approximate surface area is 49.8 Å². The quantitative estimate of drug-likeness (QED) is 0.454. The van der Waals surface area contributed by atoms with E-state index in [1.807, 2.05) is 31.9 Å². The number of nitrogens with zero attached hydrogens (tertiary/aromatic N) is 2. The highest BCUT2D eigenvalue weighted by molar-refractivity contribution is 6.50. The maximum Gasteiger partial charge on any atom is 0.173 e. The summed E-state index contributed by atoms with van der Waals surface area (Å²) in [6.07, 6.45) is 1.79. The van der Waals surface area contributed by atoms with Crippen LogP contribution in [0.25, 0.3) is 0 Å². The molecule has 1 aromatic rings. The molecule has 0 amide bonds. The van der Waals surface area contributed by atoms with Crippen molar-refractivity contribution in [2.45, 2.75) is 6.82 Å². The van der Waals surface area contributed by atoms with Gasteiger partial charge in [0.05, 0.1) is 0 Å². The van der Waals surface area contributed by atoms with Gasteiger partial charge in [-0.05, 0) is 11.7 Å². The summed E-state index contributed by atoms with van der Waals surface area (Å²) in [5, 5.41) is 3.97. The Kier molecular flexibility index (Phi) is 1.37. The van der Waals surface area contributed by atoms with Crippen molar-refractivity contribution in [1.82, 2.24) is 9.78 Å². The van der Waals surface area contributed by atoms with E-state index in [1.165, 1.54) is 0 Å². The molecule has 1 heterocycles. The molecule has 0 bridgehead atoms. The molecule has 2 nitrogen and oxygen atoms in total. The standard InChI is InChI=1S/C5H8BN2/c1-6-5-3-4-7-8(5)2/h3-4H,1-2H3. The van der Waals surface area contributed by atoms with Gasteiger partial charge >= 0.3 is 0 Å². The second-order valence-corrected chi connectivity index (χ2v) is 1.67. The Morgan fingerprint density at radius 2 is 2.50 bits per heavy atom. The van der Waals surface area contributed by atoms with Gasteiger partial charge in [0.25, 0.3) is 0 Å². The van der Waals surface area contributed by atoms with Crippen LogP contribution in [0.1, 0.15) is 0 Å². The van der Waals surface area contributed by atoms with Gasteiger partial charge in [0.15, 0.2) is 7.28 Å². The summed E-state index contributed by atoms with van der Waals surface area (Å²) in [5.74, 6) is 0. The first-order valence-electron chi connectivity index (χ1n) is 2.62. The molecular weight excluding hydrogens is 98.9 g/mol. The second-order valence-electron chi connectivity index (χ2n) is 1.67. The van der Waals surface area contributed by atoms with E-state index in [-0.39, 0.29) is 0 Å². The van der Waals surface area contributed by atoms with Gasteiger partial charge in [-0.15, -0.1) is 0 Å². The largest absolute Gasteiger partial charge is 0.283 e. The summed E-state index contributed by atoms with van der Waals surface area (Å²) < 4.78 is 1.83. The van der Waals surface area contributed by atoms with Crippen LogP contribution in [0.5, 0.6) is 0 Å². The first kappa shape index (κ1) is 5.41. The number of hydrogen-bond acceptors (Lipinski definition) is 1. The molecule has 0 N–H and O–H groups in total. The SMILES string of the molecule is C[B]c1ccnn1C. The number of rotatable bonds is 1. The van der Waals surface area contributed by atoms with E-state index in [0.717, 1.165) is 5.59 Å². The second kappa shape index (κ2) is 2.03. The molecule has 3 heteroatoms. The maximum atomic E-state index is 3.97. The van der Waals surface area contributed by atoms with Crippen LogP contribution in [0.15, 0.2) is 12.3 Å². The van der Waals surface area contributed by atoms with Crippen molar-refractivity contribution in [2.75, 3.05) is 0 Å². The Hall–Kier alpha value is -0.725. The van der Waals surface area contributed by atoms with Crippen molar-refractivity contribution in [3.8, 4) is 0 Å². The average Bonchev–Trinajstić information content (AvgIpc) is 2.14. The molecule has 0 atom stereocenters. The maximum absolute atomic E-state index is 3.97. The number of aryl methyl sites for hydroxylation is 1. The first-order chi connectivity index (χ1) is 3.84. The highest BCUT2D eigenvalue weighted by Crippen LogP contribution is 1.73. The van der Waals surface area contributed by atoms with Gasteiger partial charge in [-0.1, -0.05) is 6.82 Å². The molecule has 0 aliphatic heterocycles. The normalized spacial score (nSPS) is 9.25. The molecule has 41 valence electrons. The van der Waals surface area contributed by atoms with Crippen LogP contribution in [-0.2, 0) is 7.05 Å². The van der Waals surface area contributed by atoms with E-state index < -0.39 is 0 Å². The highest BCUT2D eigenvalue weighted by Gasteiger charge is 1.91. The van der Waals surface area contributed by atoms with Gasteiger partial charge in [0.1, 0.15) is 0 Å². The van der Waals surface area contributed by atoms with Crippen LogP contribution in [-0.4, -0.2) is 17.1 Å². The number of aromatic nitrogens is 2. The van der Waals surface area contributed by atoms with E-state index in [4.69, 9.17) is 0 Å². The van der Waals surface area contributed by atoms with Gasteiger partial charge in [0.2, 0.25) is 0 Å². The summed E-state index contributed by atoms with van der Waals surface area (Å²) in [6.45, 7) is 2.00. The minimum Gasteiger partial charge on any atom is -0.283 e. The first-order valence-corrected chi connectivity index (χ1v) is 2.62. The predicted molar refractivity (Wildman–Crippen MR) is 34.5 cm³/mol. The average molecular weight is 107 g/mol. The smallest absolute Gasteiger partial charge is 0.173 e. The van der Waals surface area contributed by atoms with Crippen LogP contribution in [0, 0.1) is 0 Å². The number of hydrogen-bond donors (Lipinski definition) is 0. The van der Waals surface area contributed by atoms with Crippen LogP contribution in [0.4, 0.5) is 0 Å². The van der Waals surface area contributed by atoms with Gasteiger partial charge in [-0.2, -0.15) is 5.10 Å². The lowest BCUT2D eigenvalue weighted by Gasteiger charge is -1.92. The lowest BCUT2D eigenvalue weighted by Crippen LogP contribution is -2.19. The zero-order chi connectivity index (χ0) is 5.98. The summed E-state index contributed by atoms with van der Waals surface area (Å²) in [5.41, 5.74) is 1.16. The molecule has 0 unspecified atom stereocenters. The van der Waals surface area contributed by atoms with Crippen molar-refractivity contribution in [3.05, 3.63) is 12.3 Å². The van der Waals surface area contributed by atoms with Crippen LogP contribution >= 0.6 is 0 Å². The predicted octanol–water partition coefficient (Wildman–Crippen LogP) is -0.202. The van der Waals surface area contributed by atoms with E-state index in [2.05, 4.69) is 5.10 Å². The fraction of sp³-hybridized carbons (Fsp3) is 0.400. The third-order valence-corrected chi connectivity index (χ3v) is 1.15. The minimum atomic E-state index is 1.16. The third-order valence-electron chi connectivity index (χ3n) is 1.15. The Morgan fingerprint density at radius 3 is 2.75 bits per heavy atom. The zero-order valence-corrected chi connectivity index (χ0v) is 5.13. The Balaban J connectivity index is 2.92. The molecule has 0 aliphatic rings. The molecule has 1 aromatic heterocycles. The molecule has 8 heavy (non-hydrogen) atoms. The summed E-state index contributed by atoms with van der Waals surface area (Å²) in [7, 11) is 3.95. The van der Waals surface area contributed by atoms with E-state index in [0.29, 0.717) is 0 Å². The van der Waals surface area contributed by atoms with Crippen molar-refractivity contribution < 1.29 is 0 Å². The molecule has 0 fully saturated rings. The lowest BCUT2D eigenvalue weighted by atomic mass is 9.78. The molecule has 0 aliphatic carbocycles. The fourth-order valence-corrected chi connectivity index (χ4v) is 0.667. The molecule has 1 rings (SSSR count). The van der Waals surface area contributed by atoms with Crippen molar-refractivity contribution in [1.29, 1.82) is 0 Å². The van der Waals surface area contributed by atoms with Gasteiger partial charge < -0.3 is 0 Å². The van der Waals surface area contributed by atoms with E-state index >= 15 is 0 Å². The van der Waals surface area contributed by atoms with Gasteiger partial charge in [-0.3, -0.25) is 4.68 Å². The summed E-state index contributed by atoms with van der Waals surface area (Å²) in [6, 6.07) is 1.97. The molecule has 0 aromatic carbocycles. The van der Waals surface area contributed by atoms with Crippen LogP contribution in [0.3, 0.4) is 0 Å². The highest BCUT2D eigenvalue weighted by atomic mass is 15.2. The van der Waals surface area contributed by atoms with Gasteiger partial charge in [0, 0.05) is 13.2 Å². The third kappa shape index (κ3) is 0.758. The minimum absolute atomic E-state index is 1.16. The Morgan fingerprint density at radius 1 is 1.75 bits per heavy atom. The summed E-state index contributed by atoms with van der Waals surface area (Å²) in [4.78, 5) is 0. The van der Waals surface area contributed by atoms with Crippen molar-refractivity contribution in [3.63, 3.8) is 0 Å². The fourth-order valence-electron chi connectivity index (χ4n) is 0.667. The summed E-state index contributed by atoms with van der Waals surface area (Å²) >= 11 is 0. The van der Waals surface area contributed by atoms with Crippen molar-refractivity contribution >= 4 is 12.9 Å². The van der Waals surface area contributed by atoms with Gasteiger partial charge in [-0.25, -0.2) is 0 Å². The molecular formula is C5H8BN2. The zero-order valence-electron chi connectivity index (χ0n) is 5.13. The monoisotopic (exact) mass is 107 g/mol. The van der Waals surface area contributed by atoms with Crippen LogP contribution in [0.2, 0.25) is 6.82 Å². The molecule has 0 saturated carbocycles.